The fourth-order valence-electron chi connectivity index (χ4n) is 2.64. The number of hydrogen-bond donors (Lipinski definition) is 3. The fraction of sp³-hybridized carbons (Fsp3) is 0.261. The van der Waals surface area contributed by atoms with Gasteiger partial charge in [0.15, 0.2) is 0 Å². The van der Waals surface area contributed by atoms with E-state index in [1.807, 2.05) is 0 Å². The van der Waals surface area contributed by atoms with E-state index in [1.165, 1.54) is 13.2 Å². The van der Waals surface area contributed by atoms with E-state index in [0.29, 0.717) is 29.6 Å². The molecular weight excluding hydrogens is 398 g/mol. The Kier molecular flexibility index (Phi) is 7.78. The Hall–Kier alpha value is -3.65. The van der Waals surface area contributed by atoms with Crippen LogP contribution in [0.3, 0.4) is 0 Å². The van der Waals surface area contributed by atoms with E-state index in [4.69, 9.17) is 9.47 Å². The Labute approximate surface area is 180 Å². The van der Waals surface area contributed by atoms with Crippen LogP contribution in [-0.4, -0.2) is 44.3 Å². The van der Waals surface area contributed by atoms with Crippen molar-refractivity contribution < 1.29 is 23.9 Å². The van der Waals surface area contributed by atoms with Crippen molar-refractivity contribution in [2.24, 2.45) is 0 Å². The molecule has 0 spiro atoms. The number of benzene rings is 2. The van der Waals surface area contributed by atoms with Gasteiger partial charge in [0.2, 0.25) is 5.91 Å². The zero-order valence-electron chi connectivity index (χ0n) is 17.2. The SMILES string of the molecule is COCCOC(=O)Nc1cccc(NC(=O)/C=C/c2ccc(C(=O)NC3CC3)cc2)c1. The first-order valence-electron chi connectivity index (χ1n) is 9.96. The summed E-state index contributed by atoms with van der Waals surface area (Å²) in [6.07, 6.45) is 4.54. The molecule has 0 unspecified atom stereocenters. The van der Waals surface area contributed by atoms with Gasteiger partial charge in [0.1, 0.15) is 6.61 Å². The molecule has 3 rings (SSSR count). The standard InChI is InChI=1S/C23H25N3O5/c1-30-13-14-31-23(29)26-20-4-2-3-19(15-20)24-21(27)12-7-16-5-8-17(9-6-16)22(28)25-18-10-11-18/h2-9,12,15,18H,10-11,13-14H2,1H3,(H,24,27)(H,25,28)(H,26,29)/b12-7+. The topological polar surface area (TPSA) is 106 Å². The Balaban J connectivity index is 1.50. The summed E-state index contributed by atoms with van der Waals surface area (Å²) < 4.78 is 9.76. The summed E-state index contributed by atoms with van der Waals surface area (Å²) in [6.45, 7) is 0.460. The predicted octanol–water partition coefficient (Wildman–Crippen LogP) is 3.43. The molecule has 0 bridgehead atoms. The number of rotatable bonds is 9. The van der Waals surface area contributed by atoms with Crippen LogP contribution in [0.5, 0.6) is 0 Å². The Morgan fingerprint density at radius 3 is 2.39 bits per heavy atom. The summed E-state index contributed by atoms with van der Waals surface area (Å²) in [6, 6.07) is 14.1. The quantitative estimate of drug-likeness (QED) is 0.423. The van der Waals surface area contributed by atoms with Gasteiger partial charge in [-0.3, -0.25) is 14.9 Å². The summed E-state index contributed by atoms with van der Waals surface area (Å²) in [5.74, 6) is -0.401. The van der Waals surface area contributed by atoms with Gasteiger partial charge in [0, 0.05) is 36.2 Å². The van der Waals surface area contributed by atoms with Crippen LogP contribution in [0.15, 0.2) is 54.6 Å². The number of hydrogen-bond acceptors (Lipinski definition) is 5. The van der Waals surface area contributed by atoms with Gasteiger partial charge in [-0.2, -0.15) is 0 Å². The van der Waals surface area contributed by atoms with Gasteiger partial charge in [-0.25, -0.2) is 4.79 Å². The molecule has 2 aromatic rings. The Bertz CT molecular complexity index is 952. The van der Waals surface area contributed by atoms with Crippen LogP contribution >= 0.6 is 0 Å². The highest BCUT2D eigenvalue weighted by Gasteiger charge is 2.23. The monoisotopic (exact) mass is 423 g/mol. The molecule has 31 heavy (non-hydrogen) atoms. The normalized spacial score (nSPS) is 12.9. The Morgan fingerprint density at radius 1 is 1.00 bits per heavy atom. The van der Waals surface area contributed by atoms with Crippen molar-refractivity contribution in [3.8, 4) is 0 Å². The predicted molar refractivity (Wildman–Crippen MR) is 118 cm³/mol. The second-order valence-electron chi connectivity index (χ2n) is 7.03. The lowest BCUT2D eigenvalue weighted by molar-refractivity contribution is -0.111. The van der Waals surface area contributed by atoms with Crippen molar-refractivity contribution in [2.45, 2.75) is 18.9 Å². The van der Waals surface area contributed by atoms with E-state index in [2.05, 4.69) is 16.0 Å². The average Bonchev–Trinajstić information content (AvgIpc) is 3.57. The maximum absolute atomic E-state index is 12.2. The first-order chi connectivity index (χ1) is 15.0. The smallest absolute Gasteiger partial charge is 0.411 e. The second kappa shape index (κ2) is 10.9. The third kappa shape index (κ3) is 7.60. The number of ether oxygens (including phenoxy) is 2. The lowest BCUT2D eigenvalue weighted by atomic mass is 10.1. The molecule has 3 amide bonds. The number of carbonyl (C=O) groups excluding carboxylic acids is 3. The van der Waals surface area contributed by atoms with Crippen molar-refractivity contribution >= 4 is 35.4 Å². The number of nitrogens with one attached hydrogen (secondary N) is 3. The molecule has 0 radical (unpaired) electrons. The molecule has 1 fully saturated rings. The summed E-state index contributed by atoms with van der Waals surface area (Å²) >= 11 is 0. The van der Waals surface area contributed by atoms with Crippen molar-refractivity contribution in [3.63, 3.8) is 0 Å². The van der Waals surface area contributed by atoms with E-state index < -0.39 is 6.09 Å². The molecule has 1 saturated carbocycles. The highest BCUT2D eigenvalue weighted by Crippen LogP contribution is 2.19. The molecule has 2 aromatic carbocycles. The highest BCUT2D eigenvalue weighted by molar-refractivity contribution is 6.02. The zero-order valence-corrected chi connectivity index (χ0v) is 17.2. The van der Waals surface area contributed by atoms with E-state index in [0.717, 1.165) is 18.4 Å². The van der Waals surface area contributed by atoms with Crippen molar-refractivity contribution in [3.05, 3.63) is 65.7 Å². The van der Waals surface area contributed by atoms with Gasteiger partial charge in [-0.1, -0.05) is 18.2 Å². The molecule has 0 aromatic heterocycles. The van der Waals surface area contributed by atoms with E-state index >= 15 is 0 Å². The number of amides is 3. The Morgan fingerprint density at radius 2 is 1.71 bits per heavy atom. The van der Waals surface area contributed by atoms with Crippen LogP contribution in [0, 0.1) is 0 Å². The van der Waals surface area contributed by atoms with Crippen LogP contribution in [0.1, 0.15) is 28.8 Å². The maximum atomic E-state index is 12.2. The van der Waals surface area contributed by atoms with E-state index in [1.54, 1.807) is 54.6 Å². The summed E-state index contributed by atoms with van der Waals surface area (Å²) in [5.41, 5.74) is 2.41. The third-order valence-electron chi connectivity index (χ3n) is 4.41. The number of carbonyl (C=O) groups is 3. The lowest BCUT2D eigenvalue weighted by Gasteiger charge is -2.08. The van der Waals surface area contributed by atoms with Crippen molar-refractivity contribution in [1.82, 2.24) is 5.32 Å². The first-order valence-corrected chi connectivity index (χ1v) is 9.96. The largest absolute Gasteiger partial charge is 0.447 e. The molecule has 0 heterocycles. The molecule has 0 aliphatic heterocycles. The average molecular weight is 423 g/mol. The zero-order chi connectivity index (χ0) is 22.1. The minimum absolute atomic E-state index is 0.0770. The second-order valence-corrected chi connectivity index (χ2v) is 7.03. The minimum atomic E-state index is -0.602. The van der Waals surface area contributed by atoms with Crippen LogP contribution in [-0.2, 0) is 14.3 Å². The van der Waals surface area contributed by atoms with Crippen molar-refractivity contribution in [2.75, 3.05) is 31.0 Å². The highest BCUT2D eigenvalue weighted by atomic mass is 16.6. The molecule has 162 valence electrons. The van der Waals surface area contributed by atoms with Crippen LogP contribution < -0.4 is 16.0 Å². The summed E-state index contributed by atoms with van der Waals surface area (Å²) in [7, 11) is 1.52. The summed E-state index contributed by atoms with van der Waals surface area (Å²) in [4.78, 5) is 35.9. The number of anilines is 2. The van der Waals surface area contributed by atoms with Crippen LogP contribution in [0.2, 0.25) is 0 Å². The minimum Gasteiger partial charge on any atom is -0.447 e. The molecule has 8 nitrogen and oxygen atoms in total. The first kappa shape index (κ1) is 22.0. The molecule has 3 N–H and O–H groups in total. The van der Waals surface area contributed by atoms with Crippen LogP contribution in [0.4, 0.5) is 16.2 Å². The van der Waals surface area contributed by atoms with E-state index in [9.17, 15) is 14.4 Å². The molecule has 8 heteroatoms. The maximum Gasteiger partial charge on any atom is 0.411 e. The van der Waals surface area contributed by atoms with Crippen molar-refractivity contribution in [1.29, 1.82) is 0 Å². The molecular formula is C23H25N3O5. The molecule has 1 aliphatic carbocycles. The molecule has 1 aliphatic rings. The summed E-state index contributed by atoms with van der Waals surface area (Å²) in [5, 5.41) is 8.25. The van der Waals surface area contributed by atoms with Gasteiger partial charge < -0.3 is 20.1 Å². The van der Waals surface area contributed by atoms with Gasteiger partial charge in [0.05, 0.1) is 6.61 Å². The lowest BCUT2D eigenvalue weighted by Crippen LogP contribution is -2.25. The van der Waals surface area contributed by atoms with Gasteiger partial charge in [-0.15, -0.1) is 0 Å². The molecule has 0 saturated heterocycles. The van der Waals surface area contributed by atoms with Crippen LogP contribution in [0.25, 0.3) is 6.08 Å². The molecule has 0 atom stereocenters. The van der Waals surface area contributed by atoms with Gasteiger partial charge >= 0.3 is 6.09 Å². The van der Waals surface area contributed by atoms with E-state index in [-0.39, 0.29) is 18.4 Å². The number of methoxy groups -OCH3 is 1. The fourth-order valence-corrected chi connectivity index (χ4v) is 2.64. The van der Waals surface area contributed by atoms with Gasteiger partial charge in [0.25, 0.3) is 5.91 Å². The van der Waals surface area contributed by atoms with Gasteiger partial charge in [-0.05, 0) is 54.8 Å². The third-order valence-corrected chi connectivity index (χ3v) is 4.41.